The third-order valence-corrected chi connectivity index (χ3v) is 3.92. The first kappa shape index (κ1) is 20.5. The molecule has 0 bridgehead atoms. The fraction of sp³-hybridized carbons (Fsp3) is 0.167. The van der Waals surface area contributed by atoms with Crippen molar-refractivity contribution in [2.24, 2.45) is 0 Å². The number of rotatable bonds is 6. The monoisotopic (exact) mass is 440 g/mol. The van der Waals surface area contributed by atoms with Crippen molar-refractivity contribution in [2.45, 2.75) is 13.0 Å². The lowest BCUT2D eigenvalue weighted by Gasteiger charge is -2.14. The van der Waals surface area contributed by atoms with Gasteiger partial charge in [-0.2, -0.15) is 0 Å². The summed E-state index contributed by atoms with van der Waals surface area (Å²) in [5.41, 5.74) is -0.291. The highest BCUT2D eigenvalue weighted by Crippen LogP contribution is 2.18. The lowest BCUT2D eigenvalue weighted by atomic mass is 10.2. The van der Waals surface area contributed by atoms with Crippen LogP contribution in [-0.2, 0) is 14.3 Å². The van der Waals surface area contributed by atoms with Crippen LogP contribution in [0.15, 0.2) is 46.9 Å². The molecule has 142 valence electrons. The predicted molar refractivity (Wildman–Crippen MR) is 97.0 cm³/mol. The molecule has 2 N–H and O–H groups in total. The quantitative estimate of drug-likeness (QED) is 0.676. The summed E-state index contributed by atoms with van der Waals surface area (Å²) in [7, 11) is 0. The van der Waals surface area contributed by atoms with E-state index in [-0.39, 0.29) is 0 Å². The second-order valence-corrected chi connectivity index (χ2v) is 6.32. The highest BCUT2D eigenvalue weighted by Gasteiger charge is 2.21. The van der Waals surface area contributed by atoms with E-state index in [1.54, 1.807) is 24.3 Å². The molecule has 0 radical (unpaired) electrons. The highest BCUT2D eigenvalue weighted by atomic mass is 79.9. The van der Waals surface area contributed by atoms with Gasteiger partial charge in [-0.3, -0.25) is 14.4 Å². The molecular weight excluding hydrogens is 426 g/mol. The van der Waals surface area contributed by atoms with E-state index in [1.165, 1.54) is 6.92 Å². The lowest BCUT2D eigenvalue weighted by molar-refractivity contribution is -0.152. The molecule has 0 saturated carbocycles. The van der Waals surface area contributed by atoms with Crippen LogP contribution >= 0.6 is 15.9 Å². The summed E-state index contributed by atoms with van der Waals surface area (Å²) in [6.45, 7) is 0.767. The standard InChI is InChI=1S/C18H15BrF2N2O4/c1-10(17(25)23-16-13(20)3-2-4-14(16)21)27-15(24)9-22-18(26)11-5-7-12(19)8-6-11/h2-8,10H,9H2,1H3,(H,22,26)(H,23,25). The topological polar surface area (TPSA) is 84.5 Å². The van der Waals surface area contributed by atoms with Crippen molar-refractivity contribution in [1.29, 1.82) is 0 Å². The number of nitrogens with one attached hydrogen (secondary N) is 2. The maximum Gasteiger partial charge on any atom is 0.326 e. The number of hydrogen-bond acceptors (Lipinski definition) is 4. The highest BCUT2D eigenvalue weighted by molar-refractivity contribution is 9.10. The zero-order valence-corrected chi connectivity index (χ0v) is 15.7. The van der Waals surface area contributed by atoms with Gasteiger partial charge in [0.2, 0.25) is 0 Å². The minimum absolute atomic E-state index is 0.340. The van der Waals surface area contributed by atoms with Crippen LogP contribution < -0.4 is 10.6 Å². The molecule has 1 atom stereocenters. The van der Waals surface area contributed by atoms with Gasteiger partial charge in [0.05, 0.1) is 0 Å². The summed E-state index contributed by atoms with van der Waals surface area (Å²) in [6, 6.07) is 9.56. The Morgan fingerprint density at radius 1 is 1.07 bits per heavy atom. The molecule has 2 amide bonds. The Kier molecular flexibility index (Phi) is 7.00. The number of anilines is 1. The Bertz CT molecular complexity index is 839. The maximum atomic E-state index is 13.5. The number of esters is 1. The van der Waals surface area contributed by atoms with Gasteiger partial charge in [0.25, 0.3) is 11.8 Å². The number of benzene rings is 2. The van der Waals surface area contributed by atoms with E-state index in [2.05, 4.69) is 21.2 Å². The Labute approximate surface area is 162 Å². The number of ether oxygens (including phenoxy) is 1. The molecule has 9 heteroatoms. The molecule has 2 aromatic carbocycles. The Balaban J connectivity index is 1.85. The summed E-state index contributed by atoms with van der Waals surface area (Å²) in [6.07, 6.45) is -1.32. The second-order valence-electron chi connectivity index (χ2n) is 5.41. The van der Waals surface area contributed by atoms with Crippen LogP contribution in [0.4, 0.5) is 14.5 Å². The van der Waals surface area contributed by atoms with Gasteiger partial charge in [-0.15, -0.1) is 0 Å². The Morgan fingerprint density at radius 2 is 1.67 bits per heavy atom. The molecule has 0 saturated heterocycles. The number of amides is 2. The summed E-state index contributed by atoms with van der Waals surface area (Å²) in [5, 5.41) is 4.37. The van der Waals surface area contributed by atoms with Crippen molar-refractivity contribution in [3.05, 3.63) is 64.1 Å². The lowest BCUT2D eigenvalue weighted by Crippen LogP contribution is -2.36. The fourth-order valence-electron chi connectivity index (χ4n) is 1.99. The zero-order valence-electron chi connectivity index (χ0n) is 14.1. The molecule has 0 aliphatic rings. The van der Waals surface area contributed by atoms with Crippen molar-refractivity contribution < 1.29 is 27.9 Å². The normalized spacial score (nSPS) is 11.4. The van der Waals surface area contributed by atoms with Crippen LogP contribution in [0.1, 0.15) is 17.3 Å². The van der Waals surface area contributed by atoms with Crippen LogP contribution in [0.3, 0.4) is 0 Å². The summed E-state index contributed by atoms with van der Waals surface area (Å²) < 4.78 is 32.7. The summed E-state index contributed by atoms with van der Waals surface area (Å²) in [5.74, 6) is -4.19. The van der Waals surface area contributed by atoms with Crippen molar-refractivity contribution in [1.82, 2.24) is 5.32 Å². The van der Waals surface area contributed by atoms with Crippen LogP contribution in [0.25, 0.3) is 0 Å². The minimum atomic E-state index is -1.32. The number of halogens is 3. The van der Waals surface area contributed by atoms with Crippen LogP contribution in [0.2, 0.25) is 0 Å². The molecule has 0 aromatic heterocycles. The van der Waals surface area contributed by atoms with E-state index < -0.39 is 47.8 Å². The fourth-order valence-corrected chi connectivity index (χ4v) is 2.25. The van der Waals surface area contributed by atoms with Gasteiger partial charge < -0.3 is 15.4 Å². The van der Waals surface area contributed by atoms with Gasteiger partial charge in [0.15, 0.2) is 6.10 Å². The number of para-hydroxylation sites is 1. The van der Waals surface area contributed by atoms with Crippen molar-refractivity contribution in [3.8, 4) is 0 Å². The van der Waals surface area contributed by atoms with Crippen molar-refractivity contribution in [2.75, 3.05) is 11.9 Å². The average molecular weight is 441 g/mol. The van der Waals surface area contributed by atoms with Gasteiger partial charge in [-0.05, 0) is 43.3 Å². The first-order valence-electron chi connectivity index (χ1n) is 7.76. The Morgan fingerprint density at radius 3 is 2.26 bits per heavy atom. The van der Waals surface area contributed by atoms with Gasteiger partial charge in [0, 0.05) is 10.0 Å². The van der Waals surface area contributed by atoms with Crippen LogP contribution in [0.5, 0.6) is 0 Å². The second kappa shape index (κ2) is 9.22. The summed E-state index contributed by atoms with van der Waals surface area (Å²) in [4.78, 5) is 35.6. The van der Waals surface area contributed by atoms with E-state index in [0.717, 1.165) is 22.7 Å². The maximum absolute atomic E-state index is 13.5. The summed E-state index contributed by atoms with van der Waals surface area (Å²) >= 11 is 3.24. The predicted octanol–water partition coefficient (Wildman–Crippen LogP) is 3.03. The third-order valence-electron chi connectivity index (χ3n) is 3.39. The van der Waals surface area contributed by atoms with E-state index in [0.29, 0.717) is 5.56 Å². The molecule has 0 heterocycles. The molecule has 0 aliphatic heterocycles. The number of carbonyl (C=O) groups excluding carboxylic acids is 3. The Hall–Kier alpha value is -2.81. The number of hydrogen-bond donors (Lipinski definition) is 2. The van der Waals surface area contributed by atoms with E-state index >= 15 is 0 Å². The molecule has 0 spiro atoms. The van der Waals surface area contributed by atoms with Crippen LogP contribution in [0, 0.1) is 11.6 Å². The number of carbonyl (C=O) groups is 3. The van der Waals surface area contributed by atoms with Gasteiger partial charge >= 0.3 is 5.97 Å². The molecule has 2 aromatic rings. The molecule has 6 nitrogen and oxygen atoms in total. The molecule has 1 unspecified atom stereocenters. The van der Waals surface area contributed by atoms with Crippen molar-refractivity contribution >= 4 is 39.4 Å². The van der Waals surface area contributed by atoms with Crippen molar-refractivity contribution in [3.63, 3.8) is 0 Å². The smallest absolute Gasteiger partial charge is 0.326 e. The van der Waals surface area contributed by atoms with E-state index in [9.17, 15) is 23.2 Å². The average Bonchev–Trinajstić information content (AvgIpc) is 2.63. The third kappa shape index (κ3) is 5.85. The van der Waals surface area contributed by atoms with E-state index in [4.69, 9.17) is 4.74 Å². The van der Waals surface area contributed by atoms with E-state index in [1.807, 2.05) is 5.32 Å². The first-order valence-corrected chi connectivity index (χ1v) is 8.55. The molecule has 2 rings (SSSR count). The van der Waals surface area contributed by atoms with Gasteiger partial charge in [-0.1, -0.05) is 22.0 Å². The largest absolute Gasteiger partial charge is 0.451 e. The zero-order chi connectivity index (χ0) is 20.0. The SMILES string of the molecule is CC(OC(=O)CNC(=O)c1ccc(Br)cc1)C(=O)Nc1c(F)cccc1F. The molecule has 0 fully saturated rings. The first-order chi connectivity index (χ1) is 12.8. The van der Waals surface area contributed by atoms with Gasteiger partial charge in [0.1, 0.15) is 23.9 Å². The van der Waals surface area contributed by atoms with Crippen LogP contribution in [-0.4, -0.2) is 30.4 Å². The minimum Gasteiger partial charge on any atom is -0.451 e. The molecule has 27 heavy (non-hydrogen) atoms. The van der Waals surface area contributed by atoms with Gasteiger partial charge in [-0.25, -0.2) is 8.78 Å². The molecule has 0 aliphatic carbocycles. The molecular formula is C18H15BrF2N2O4.